The van der Waals surface area contributed by atoms with Crippen LogP contribution in [0.25, 0.3) is 0 Å². The molecule has 1 heterocycles. The van der Waals surface area contributed by atoms with Gasteiger partial charge in [0.2, 0.25) is 0 Å². The van der Waals surface area contributed by atoms with Gasteiger partial charge in [0, 0.05) is 11.1 Å². The van der Waals surface area contributed by atoms with Gasteiger partial charge in [-0.25, -0.2) is 0 Å². The summed E-state index contributed by atoms with van der Waals surface area (Å²) in [7, 11) is 1.49. The summed E-state index contributed by atoms with van der Waals surface area (Å²) in [6.45, 7) is 6.17. The fraction of sp³-hybridized carbons (Fsp3) is 0.320. The lowest BCUT2D eigenvalue weighted by atomic mass is 10.1. The van der Waals surface area contributed by atoms with Crippen molar-refractivity contribution in [3.8, 4) is 11.5 Å². The van der Waals surface area contributed by atoms with Crippen LogP contribution in [0.5, 0.6) is 11.5 Å². The van der Waals surface area contributed by atoms with Crippen molar-refractivity contribution in [3.63, 3.8) is 0 Å². The number of nitrogens with zero attached hydrogens (tertiary/aromatic N) is 3. The molecule has 0 atom stereocenters. The number of benzene rings is 2. The van der Waals surface area contributed by atoms with Crippen LogP contribution in [0.1, 0.15) is 57.4 Å². The number of carbonyl (C=O) groups is 2. The number of rotatable bonds is 10. The van der Waals surface area contributed by atoms with Crippen LogP contribution in [-0.2, 0) is 6.54 Å². The molecule has 3 rings (SSSR count). The zero-order chi connectivity index (χ0) is 26.2. The summed E-state index contributed by atoms with van der Waals surface area (Å²) in [4.78, 5) is 35.7. The second kappa shape index (κ2) is 11.8. The summed E-state index contributed by atoms with van der Waals surface area (Å²) in [5.41, 5.74) is 7.02. The van der Waals surface area contributed by atoms with Gasteiger partial charge >= 0.3 is 5.69 Å². The quantitative estimate of drug-likeness (QED) is 0.248. The molecule has 2 amide bonds. The summed E-state index contributed by atoms with van der Waals surface area (Å²) >= 11 is 0. The van der Waals surface area contributed by atoms with Crippen LogP contribution in [0.15, 0.2) is 42.5 Å². The van der Waals surface area contributed by atoms with Crippen LogP contribution >= 0.6 is 0 Å². The lowest BCUT2D eigenvalue weighted by Gasteiger charge is -2.12. The first-order valence-electron chi connectivity index (χ1n) is 11.4. The second-order valence-electron chi connectivity index (χ2n) is 8.11. The van der Waals surface area contributed by atoms with Crippen LogP contribution in [-0.4, -0.2) is 40.2 Å². The molecule has 11 heteroatoms. The molecule has 0 aliphatic heterocycles. The summed E-state index contributed by atoms with van der Waals surface area (Å²) < 4.78 is 12.5. The fourth-order valence-electron chi connectivity index (χ4n) is 3.55. The van der Waals surface area contributed by atoms with Crippen molar-refractivity contribution in [3.05, 3.63) is 80.7 Å². The van der Waals surface area contributed by atoms with E-state index in [4.69, 9.17) is 9.47 Å². The highest BCUT2D eigenvalue weighted by molar-refractivity contribution is 5.99. The van der Waals surface area contributed by atoms with E-state index in [2.05, 4.69) is 22.9 Å². The highest BCUT2D eigenvalue weighted by Gasteiger charge is 2.21. The minimum absolute atomic E-state index is 0.00183. The first-order valence-corrected chi connectivity index (χ1v) is 11.4. The molecule has 0 saturated carbocycles. The number of nitro groups is 1. The van der Waals surface area contributed by atoms with E-state index in [1.807, 2.05) is 0 Å². The average Bonchev–Trinajstić information content (AvgIpc) is 3.15. The number of hydrogen-bond acceptors (Lipinski definition) is 7. The Kier molecular flexibility index (Phi) is 8.61. The largest absolute Gasteiger partial charge is 0.493 e. The van der Waals surface area contributed by atoms with Gasteiger partial charge in [0.25, 0.3) is 11.8 Å². The Morgan fingerprint density at radius 1 is 1.03 bits per heavy atom. The first kappa shape index (κ1) is 26.2. The third kappa shape index (κ3) is 6.17. The minimum atomic E-state index is -0.510. The van der Waals surface area contributed by atoms with Crippen LogP contribution in [0, 0.1) is 24.0 Å². The van der Waals surface area contributed by atoms with Crippen LogP contribution in [0.2, 0.25) is 0 Å². The van der Waals surface area contributed by atoms with E-state index in [-0.39, 0.29) is 5.69 Å². The van der Waals surface area contributed by atoms with E-state index in [1.54, 1.807) is 61.0 Å². The van der Waals surface area contributed by atoms with E-state index in [1.165, 1.54) is 7.11 Å². The van der Waals surface area contributed by atoms with Gasteiger partial charge in [-0.05, 0) is 56.2 Å². The van der Waals surface area contributed by atoms with Crippen molar-refractivity contribution in [1.29, 1.82) is 0 Å². The summed E-state index contributed by atoms with van der Waals surface area (Å²) in [6, 6.07) is 11.4. The van der Waals surface area contributed by atoms with Gasteiger partial charge in [0.05, 0.1) is 25.2 Å². The Morgan fingerprint density at radius 3 is 2.25 bits per heavy atom. The predicted molar refractivity (Wildman–Crippen MR) is 132 cm³/mol. The molecule has 0 spiro atoms. The summed E-state index contributed by atoms with van der Waals surface area (Å²) in [5.74, 6) is -0.0389. The molecular weight excluding hydrogens is 466 g/mol. The molecule has 1 aromatic heterocycles. The number of unbranched alkanes of at least 4 members (excludes halogenated alkanes) is 1. The minimum Gasteiger partial charge on any atom is -0.493 e. The van der Waals surface area contributed by atoms with Gasteiger partial charge in [-0.3, -0.25) is 35.2 Å². The van der Waals surface area contributed by atoms with E-state index >= 15 is 0 Å². The maximum atomic E-state index is 12.5. The van der Waals surface area contributed by atoms with Crippen LogP contribution in [0.4, 0.5) is 5.69 Å². The lowest BCUT2D eigenvalue weighted by Crippen LogP contribution is -2.41. The molecule has 2 aromatic carbocycles. The smallest absolute Gasteiger partial charge is 0.312 e. The normalized spacial score (nSPS) is 10.6. The Hall–Kier alpha value is -4.41. The van der Waals surface area contributed by atoms with Gasteiger partial charge in [0.15, 0.2) is 11.5 Å². The highest BCUT2D eigenvalue weighted by Crippen LogP contribution is 2.28. The van der Waals surface area contributed by atoms with E-state index in [9.17, 15) is 19.7 Å². The molecule has 0 unspecified atom stereocenters. The average molecular weight is 496 g/mol. The van der Waals surface area contributed by atoms with Crippen LogP contribution < -0.4 is 20.3 Å². The van der Waals surface area contributed by atoms with Gasteiger partial charge in [-0.1, -0.05) is 25.5 Å². The van der Waals surface area contributed by atoms with Crippen molar-refractivity contribution >= 4 is 17.5 Å². The van der Waals surface area contributed by atoms with Gasteiger partial charge in [-0.2, -0.15) is 5.10 Å². The zero-order valence-corrected chi connectivity index (χ0v) is 20.7. The van der Waals surface area contributed by atoms with Gasteiger partial charge in [0.1, 0.15) is 11.4 Å². The Balaban J connectivity index is 1.59. The second-order valence-corrected chi connectivity index (χ2v) is 8.11. The maximum Gasteiger partial charge on any atom is 0.312 e. The monoisotopic (exact) mass is 495 g/mol. The zero-order valence-electron chi connectivity index (χ0n) is 20.7. The Morgan fingerprint density at radius 2 is 1.67 bits per heavy atom. The molecule has 0 radical (unpaired) electrons. The molecule has 0 aliphatic rings. The van der Waals surface area contributed by atoms with Crippen molar-refractivity contribution in [2.24, 2.45) is 0 Å². The standard InChI is InChI=1S/C25H29N5O6/c1-5-6-13-36-21-12-11-20(14-22(21)35-4)25(32)27-26-24(31)19-9-7-18(8-10-19)15-29-17(3)23(30(33)34)16(2)28-29/h7-12,14H,5-6,13,15H2,1-4H3,(H,26,31)(H,27,32). The third-order valence-corrected chi connectivity index (χ3v) is 5.55. The van der Waals surface area contributed by atoms with E-state index in [0.717, 1.165) is 18.4 Å². The van der Waals surface area contributed by atoms with Crippen molar-refractivity contribution in [2.45, 2.75) is 40.2 Å². The maximum absolute atomic E-state index is 12.5. The number of hydrazine groups is 1. The predicted octanol–water partition coefficient (Wildman–Crippen LogP) is 3.72. The molecule has 2 N–H and O–H groups in total. The Labute approximate surface area is 208 Å². The molecule has 36 heavy (non-hydrogen) atoms. The number of carbonyl (C=O) groups excluding carboxylic acids is 2. The number of nitrogens with one attached hydrogen (secondary N) is 2. The third-order valence-electron chi connectivity index (χ3n) is 5.55. The molecular formula is C25H29N5O6. The topological polar surface area (TPSA) is 138 Å². The van der Waals surface area contributed by atoms with Crippen molar-refractivity contribution in [2.75, 3.05) is 13.7 Å². The van der Waals surface area contributed by atoms with Gasteiger partial charge < -0.3 is 9.47 Å². The van der Waals surface area contributed by atoms with Crippen LogP contribution in [0.3, 0.4) is 0 Å². The number of ether oxygens (including phenoxy) is 2. The molecule has 11 nitrogen and oxygen atoms in total. The summed E-state index contributed by atoms with van der Waals surface area (Å²) in [6.07, 6.45) is 1.91. The Bertz CT molecular complexity index is 1250. The first-order chi connectivity index (χ1) is 17.2. The number of hydrogen-bond donors (Lipinski definition) is 2. The van der Waals surface area contributed by atoms with Gasteiger partial charge in [-0.15, -0.1) is 0 Å². The van der Waals surface area contributed by atoms with E-state index < -0.39 is 16.7 Å². The molecule has 190 valence electrons. The molecule has 0 saturated heterocycles. The van der Waals surface area contributed by atoms with Crippen molar-refractivity contribution < 1.29 is 24.0 Å². The molecule has 0 bridgehead atoms. The lowest BCUT2D eigenvalue weighted by molar-refractivity contribution is -0.386. The van der Waals surface area contributed by atoms with E-state index in [0.29, 0.717) is 47.2 Å². The number of aromatic nitrogens is 2. The molecule has 0 aliphatic carbocycles. The molecule has 0 fully saturated rings. The fourth-order valence-corrected chi connectivity index (χ4v) is 3.55. The molecule has 3 aromatic rings. The highest BCUT2D eigenvalue weighted by atomic mass is 16.6. The number of aryl methyl sites for hydroxylation is 1. The SMILES string of the molecule is CCCCOc1ccc(C(=O)NNC(=O)c2ccc(Cn3nc(C)c([N+](=O)[O-])c3C)cc2)cc1OC. The summed E-state index contributed by atoms with van der Waals surface area (Å²) in [5, 5.41) is 15.4. The number of amides is 2. The van der Waals surface area contributed by atoms with Crippen molar-refractivity contribution in [1.82, 2.24) is 20.6 Å². The number of methoxy groups -OCH3 is 1.